The third-order valence-electron chi connectivity index (χ3n) is 3.75. The lowest BCUT2D eigenvalue weighted by atomic mass is 10.2. The van der Waals surface area contributed by atoms with Crippen molar-refractivity contribution in [1.82, 2.24) is 9.29 Å². The van der Waals surface area contributed by atoms with Crippen molar-refractivity contribution in [3.8, 4) is 0 Å². The van der Waals surface area contributed by atoms with Gasteiger partial charge in [-0.15, -0.1) is 11.3 Å². The number of nitrogens with zero attached hydrogens (tertiary/aromatic N) is 2. The van der Waals surface area contributed by atoms with Crippen molar-refractivity contribution in [2.75, 3.05) is 25.7 Å². The zero-order valence-electron chi connectivity index (χ0n) is 14.7. The van der Waals surface area contributed by atoms with Crippen LogP contribution in [-0.4, -0.2) is 44.0 Å². The first-order chi connectivity index (χ1) is 12.7. The van der Waals surface area contributed by atoms with Gasteiger partial charge in [0.1, 0.15) is 0 Å². The van der Waals surface area contributed by atoms with Gasteiger partial charge in [0.05, 0.1) is 15.1 Å². The maximum Gasteiger partial charge on any atom is 0.255 e. The van der Waals surface area contributed by atoms with E-state index in [1.807, 2.05) is 18.4 Å². The minimum absolute atomic E-state index is 0.0441. The van der Waals surface area contributed by atoms with Crippen LogP contribution >= 0.6 is 39.0 Å². The van der Waals surface area contributed by atoms with Crippen LogP contribution < -0.4 is 5.32 Å². The Labute approximate surface area is 174 Å². The van der Waals surface area contributed by atoms with Crippen LogP contribution in [0.3, 0.4) is 0 Å². The summed E-state index contributed by atoms with van der Waals surface area (Å²) in [6.07, 6.45) is 1.97. The Hall–Kier alpha value is -1.46. The number of rotatable bonds is 5. The van der Waals surface area contributed by atoms with Crippen molar-refractivity contribution in [2.45, 2.75) is 9.24 Å². The molecule has 10 heteroatoms. The second kappa shape index (κ2) is 7.88. The highest BCUT2D eigenvalue weighted by atomic mass is 79.9. The Balaban J connectivity index is 1.90. The molecule has 0 fully saturated rings. The fraction of sp³-hybridized carbons (Fsp3) is 0.176. The van der Waals surface area contributed by atoms with Gasteiger partial charge in [0.15, 0.2) is 4.34 Å². The first kappa shape index (κ1) is 20.3. The maximum atomic E-state index is 12.6. The van der Waals surface area contributed by atoms with Crippen molar-refractivity contribution in [3.63, 3.8) is 0 Å². The van der Waals surface area contributed by atoms with Crippen LogP contribution in [0.25, 0.3) is 10.2 Å². The number of hydrogen-bond acceptors (Lipinski definition) is 6. The van der Waals surface area contributed by atoms with Gasteiger partial charge in [-0.3, -0.25) is 4.79 Å². The average Bonchev–Trinajstić information content (AvgIpc) is 3.04. The number of thioether (sulfide) groups is 1. The van der Waals surface area contributed by atoms with Crippen LogP contribution in [0.15, 0.2) is 50.1 Å². The van der Waals surface area contributed by atoms with Crippen molar-refractivity contribution >= 4 is 70.9 Å². The summed E-state index contributed by atoms with van der Waals surface area (Å²) in [7, 11) is -0.776. The van der Waals surface area contributed by atoms with Crippen LogP contribution in [0.5, 0.6) is 0 Å². The highest BCUT2D eigenvalue weighted by molar-refractivity contribution is 9.10. The van der Waals surface area contributed by atoms with E-state index in [2.05, 4.69) is 26.2 Å². The predicted molar refractivity (Wildman–Crippen MR) is 114 cm³/mol. The summed E-state index contributed by atoms with van der Waals surface area (Å²) in [4.78, 5) is 17.1. The number of sulfonamides is 1. The molecule has 27 heavy (non-hydrogen) atoms. The molecule has 0 aliphatic carbocycles. The number of carbonyl (C=O) groups excluding carboxylic acids is 1. The number of fused-ring (bicyclic) bond motifs is 1. The molecule has 1 N–H and O–H groups in total. The number of carbonyl (C=O) groups is 1. The summed E-state index contributed by atoms with van der Waals surface area (Å²) in [5.74, 6) is -0.383. The van der Waals surface area contributed by atoms with E-state index in [0.29, 0.717) is 10.2 Å². The minimum atomic E-state index is -3.67. The number of amides is 1. The van der Waals surface area contributed by atoms with E-state index in [1.54, 1.807) is 41.3 Å². The Morgan fingerprint density at radius 3 is 2.63 bits per heavy atom. The van der Waals surface area contributed by atoms with Gasteiger partial charge in [-0.2, -0.15) is 0 Å². The van der Waals surface area contributed by atoms with Gasteiger partial charge in [-0.25, -0.2) is 17.7 Å². The summed E-state index contributed by atoms with van der Waals surface area (Å²) < 4.78 is 28.3. The molecule has 1 aromatic heterocycles. The quantitative estimate of drug-likeness (QED) is 0.545. The molecule has 6 nitrogen and oxygen atoms in total. The lowest BCUT2D eigenvalue weighted by Crippen LogP contribution is -2.23. The number of nitrogens with one attached hydrogen (secondary N) is 1. The van der Waals surface area contributed by atoms with Gasteiger partial charge >= 0.3 is 0 Å². The summed E-state index contributed by atoms with van der Waals surface area (Å²) in [6.45, 7) is 0. The van der Waals surface area contributed by atoms with E-state index in [-0.39, 0.29) is 16.4 Å². The van der Waals surface area contributed by atoms with Gasteiger partial charge < -0.3 is 5.32 Å². The number of hydrogen-bond donors (Lipinski definition) is 1. The molecule has 1 heterocycles. The SMILES string of the molecule is CSc1nc2ccc(NC(=O)c3ccc(Br)c(S(=O)(=O)N(C)C)c3)cc2s1. The van der Waals surface area contributed by atoms with Crippen LogP contribution in [0.4, 0.5) is 5.69 Å². The average molecular weight is 486 g/mol. The molecule has 142 valence electrons. The standard InChI is InChI=1S/C17H16BrN3O3S3/c1-21(2)27(23,24)15-8-10(4-6-12(15)18)16(22)19-11-5-7-13-14(9-11)26-17(20-13)25-3/h4-9H,1-3H3,(H,19,22). The summed E-state index contributed by atoms with van der Waals surface area (Å²) in [5.41, 5.74) is 1.77. The van der Waals surface area contributed by atoms with Crippen molar-refractivity contribution in [1.29, 1.82) is 0 Å². The third-order valence-corrected chi connectivity index (χ3v) is 8.57. The van der Waals surface area contributed by atoms with Crippen LogP contribution in [0.2, 0.25) is 0 Å². The molecule has 3 rings (SSSR count). The molecule has 3 aromatic rings. The second-order valence-electron chi connectivity index (χ2n) is 5.75. The Bertz CT molecular complexity index is 1130. The van der Waals surface area contributed by atoms with Gasteiger partial charge in [0, 0.05) is 29.8 Å². The summed E-state index contributed by atoms with van der Waals surface area (Å²) in [5, 5.41) is 2.81. The fourth-order valence-electron chi connectivity index (χ4n) is 2.31. The molecule has 0 bridgehead atoms. The largest absolute Gasteiger partial charge is 0.322 e. The van der Waals surface area contributed by atoms with E-state index < -0.39 is 10.0 Å². The molecule has 2 aromatic carbocycles. The molecule has 0 saturated heterocycles. The topological polar surface area (TPSA) is 79.4 Å². The normalized spacial score (nSPS) is 11.9. The number of anilines is 1. The van der Waals surface area contributed by atoms with Crippen LogP contribution in [0, 0.1) is 0 Å². The molecule has 0 aliphatic heterocycles. The zero-order chi connectivity index (χ0) is 19.8. The van der Waals surface area contributed by atoms with Gasteiger partial charge in [-0.05, 0) is 58.6 Å². The molecule has 1 amide bonds. The summed E-state index contributed by atoms with van der Waals surface area (Å²) >= 11 is 6.37. The number of benzene rings is 2. The van der Waals surface area contributed by atoms with E-state index in [1.165, 1.54) is 20.2 Å². The fourth-order valence-corrected chi connectivity index (χ4v) is 5.68. The third kappa shape index (κ3) is 4.19. The molecule has 0 aliphatic rings. The Kier molecular flexibility index (Phi) is 5.92. The molecule has 0 atom stereocenters. The lowest BCUT2D eigenvalue weighted by molar-refractivity contribution is 0.102. The van der Waals surface area contributed by atoms with E-state index in [0.717, 1.165) is 18.9 Å². The second-order valence-corrected chi connectivity index (χ2v) is 10.8. The lowest BCUT2D eigenvalue weighted by Gasteiger charge is -2.14. The van der Waals surface area contributed by atoms with Gasteiger partial charge in [-0.1, -0.05) is 11.8 Å². The minimum Gasteiger partial charge on any atom is -0.322 e. The van der Waals surface area contributed by atoms with E-state index >= 15 is 0 Å². The van der Waals surface area contributed by atoms with E-state index in [9.17, 15) is 13.2 Å². The van der Waals surface area contributed by atoms with Crippen molar-refractivity contribution in [3.05, 3.63) is 46.4 Å². The molecular weight excluding hydrogens is 470 g/mol. The Morgan fingerprint density at radius 1 is 1.22 bits per heavy atom. The van der Waals surface area contributed by atoms with Crippen molar-refractivity contribution in [2.24, 2.45) is 0 Å². The molecule has 0 spiro atoms. The van der Waals surface area contributed by atoms with Crippen LogP contribution in [0.1, 0.15) is 10.4 Å². The molecule has 0 radical (unpaired) electrons. The molecular formula is C17H16BrN3O3S3. The number of halogens is 1. The zero-order valence-corrected chi connectivity index (χ0v) is 18.7. The molecule has 0 unspecified atom stereocenters. The summed E-state index contributed by atoms with van der Waals surface area (Å²) in [6, 6.07) is 9.99. The highest BCUT2D eigenvalue weighted by Gasteiger charge is 2.22. The van der Waals surface area contributed by atoms with Crippen LogP contribution in [-0.2, 0) is 10.0 Å². The monoisotopic (exact) mass is 485 g/mol. The maximum absolute atomic E-state index is 12.6. The Morgan fingerprint density at radius 2 is 1.96 bits per heavy atom. The van der Waals surface area contributed by atoms with E-state index in [4.69, 9.17) is 0 Å². The first-order valence-electron chi connectivity index (χ1n) is 7.70. The number of aromatic nitrogens is 1. The van der Waals surface area contributed by atoms with Gasteiger partial charge in [0.25, 0.3) is 5.91 Å². The van der Waals surface area contributed by atoms with Gasteiger partial charge in [0.2, 0.25) is 10.0 Å². The highest BCUT2D eigenvalue weighted by Crippen LogP contribution is 2.30. The smallest absolute Gasteiger partial charge is 0.255 e. The predicted octanol–water partition coefficient (Wildman–Crippen LogP) is 4.28. The first-order valence-corrected chi connectivity index (χ1v) is 12.0. The van der Waals surface area contributed by atoms with Crippen molar-refractivity contribution < 1.29 is 13.2 Å². The molecule has 0 saturated carbocycles. The number of thiazole rings is 1.